The predicted molar refractivity (Wildman–Crippen MR) is 105 cm³/mol. The van der Waals surface area contributed by atoms with E-state index in [2.05, 4.69) is 0 Å². The van der Waals surface area contributed by atoms with Crippen LogP contribution in [0.5, 0.6) is 5.75 Å². The number of aliphatic hydroxyl groups excluding tert-OH is 1. The van der Waals surface area contributed by atoms with Crippen molar-refractivity contribution in [2.45, 2.75) is 38.9 Å². The molecule has 30 heavy (non-hydrogen) atoms. The molecule has 1 fully saturated rings. The smallest absolute Gasteiger partial charge is 0.310 e. The lowest BCUT2D eigenvalue weighted by Crippen LogP contribution is -2.38. The Morgan fingerprint density at radius 3 is 2.60 bits per heavy atom. The summed E-state index contributed by atoms with van der Waals surface area (Å²) in [5.74, 6) is -2.33. The van der Waals surface area contributed by atoms with Crippen molar-refractivity contribution in [1.29, 1.82) is 0 Å². The summed E-state index contributed by atoms with van der Waals surface area (Å²) in [5, 5.41) is 19.2. The molecule has 1 saturated heterocycles. The van der Waals surface area contributed by atoms with Crippen molar-refractivity contribution >= 4 is 17.7 Å². The number of esters is 2. The molecular formula is C23H24O7. The van der Waals surface area contributed by atoms with E-state index in [0.29, 0.717) is 23.1 Å². The fraction of sp³-hybridized carbons (Fsp3) is 0.435. The highest BCUT2D eigenvalue weighted by molar-refractivity contribution is 6.09. The summed E-state index contributed by atoms with van der Waals surface area (Å²) >= 11 is 0. The summed E-state index contributed by atoms with van der Waals surface area (Å²) < 4.78 is 11.5. The lowest BCUT2D eigenvalue weighted by atomic mass is 9.79. The van der Waals surface area contributed by atoms with Crippen molar-refractivity contribution in [3.63, 3.8) is 0 Å². The molecule has 0 spiro atoms. The highest BCUT2D eigenvalue weighted by atomic mass is 16.6. The highest BCUT2D eigenvalue weighted by Gasteiger charge is 2.55. The molecule has 7 nitrogen and oxygen atoms in total. The second-order valence-corrected chi connectivity index (χ2v) is 8.26. The normalized spacial score (nSPS) is 30.4. The van der Waals surface area contributed by atoms with Crippen molar-refractivity contribution in [1.82, 2.24) is 0 Å². The molecule has 4 rings (SSSR count). The van der Waals surface area contributed by atoms with Crippen molar-refractivity contribution in [2.24, 2.45) is 17.8 Å². The monoisotopic (exact) mass is 412 g/mol. The van der Waals surface area contributed by atoms with E-state index >= 15 is 0 Å². The Bertz CT molecular complexity index is 956. The third-order valence-electron chi connectivity index (χ3n) is 6.35. The summed E-state index contributed by atoms with van der Waals surface area (Å²) in [6.45, 7) is 3.27. The van der Waals surface area contributed by atoms with E-state index in [1.165, 1.54) is 18.2 Å². The number of benzene rings is 1. The Labute approximate surface area is 174 Å². The first-order valence-corrected chi connectivity index (χ1v) is 10.0. The van der Waals surface area contributed by atoms with Crippen LogP contribution in [0.25, 0.3) is 0 Å². The molecular weight excluding hydrogens is 388 g/mol. The maximum atomic E-state index is 12.6. The fourth-order valence-electron chi connectivity index (χ4n) is 4.91. The Morgan fingerprint density at radius 1 is 1.23 bits per heavy atom. The molecule has 0 radical (unpaired) electrons. The molecule has 0 aromatic heterocycles. The van der Waals surface area contributed by atoms with Gasteiger partial charge in [-0.05, 0) is 36.3 Å². The van der Waals surface area contributed by atoms with Gasteiger partial charge in [0.15, 0.2) is 5.78 Å². The number of allylic oxidation sites excluding steroid dienone is 1. The zero-order chi connectivity index (χ0) is 21.6. The largest absolute Gasteiger partial charge is 0.508 e. The molecule has 1 aromatic carbocycles. The molecule has 1 aliphatic heterocycles. The standard InChI is InChI=1S/C23H24O7/c1-11-7-17(29-18(27)8-13-3-5-15(25)6-4-13)20-12(2)23(28)30-22(20)21-14(10-24)9-16(26)19(11)21/h3-6,9,12,17,20-22,24-25H,7-8,10H2,1-2H3/t12-,17-,20-,21-,22+/m0/s1. The molecule has 1 heterocycles. The van der Waals surface area contributed by atoms with Crippen LogP contribution in [0.3, 0.4) is 0 Å². The molecule has 1 aromatic rings. The van der Waals surface area contributed by atoms with Gasteiger partial charge in [-0.15, -0.1) is 0 Å². The van der Waals surface area contributed by atoms with Gasteiger partial charge in [-0.3, -0.25) is 14.4 Å². The van der Waals surface area contributed by atoms with Crippen LogP contribution in [0, 0.1) is 17.8 Å². The van der Waals surface area contributed by atoms with Gasteiger partial charge < -0.3 is 19.7 Å². The van der Waals surface area contributed by atoms with Gasteiger partial charge in [-0.25, -0.2) is 0 Å². The number of rotatable bonds is 4. The minimum atomic E-state index is -0.656. The second-order valence-electron chi connectivity index (χ2n) is 8.26. The van der Waals surface area contributed by atoms with Crippen molar-refractivity contribution in [3.8, 4) is 5.75 Å². The van der Waals surface area contributed by atoms with E-state index in [-0.39, 0.29) is 30.5 Å². The number of ether oxygens (including phenoxy) is 2. The third kappa shape index (κ3) is 3.43. The summed E-state index contributed by atoms with van der Waals surface area (Å²) in [7, 11) is 0. The van der Waals surface area contributed by atoms with Gasteiger partial charge in [0.1, 0.15) is 18.0 Å². The Kier molecular flexibility index (Phi) is 5.24. The van der Waals surface area contributed by atoms with E-state index in [0.717, 1.165) is 5.57 Å². The number of hydrogen-bond acceptors (Lipinski definition) is 7. The molecule has 158 valence electrons. The van der Waals surface area contributed by atoms with Crippen LogP contribution >= 0.6 is 0 Å². The molecule has 5 atom stereocenters. The summed E-state index contributed by atoms with van der Waals surface area (Å²) in [6, 6.07) is 6.29. The van der Waals surface area contributed by atoms with Gasteiger partial charge in [-0.2, -0.15) is 0 Å². The van der Waals surface area contributed by atoms with Gasteiger partial charge in [0.25, 0.3) is 0 Å². The minimum Gasteiger partial charge on any atom is -0.508 e. The SMILES string of the molecule is CC1=C2C(=O)C=C(CO)[C@@H]2[C@@H]2OC(=O)[C@@H](C)[C@H]2[C@@H](OC(=O)Cc2ccc(O)cc2)C1. The summed E-state index contributed by atoms with van der Waals surface area (Å²) in [6.07, 6.45) is 0.502. The van der Waals surface area contributed by atoms with Crippen LogP contribution in [-0.4, -0.2) is 46.7 Å². The summed E-state index contributed by atoms with van der Waals surface area (Å²) in [4.78, 5) is 37.6. The lowest BCUT2D eigenvalue weighted by molar-refractivity contribution is -0.152. The molecule has 0 amide bonds. The van der Waals surface area contributed by atoms with E-state index in [1.54, 1.807) is 19.1 Å². The number of hydrogen-bond donors (Lipinski definition) is 2. The number of phenolic OH excluding ortho intramolecular Hbond substituents is 1. The minimum absolute atomic E-state index is 0.0249. The van der Waals surface area contributed by atoms with Crippen molar-refractivity contribution < 1.29 is 34.1 Å². The number of aliphatic hydroxyl groups is 1. The molecule has 0 unspecified atom stereocenters. The van der Waals surface area contributed by atoms with E-state index in [4.69, 9.17) is 9.47 Å². The number of ketones is 1. The number of phenols is 1. The van der Waals surface area contributed by atoms with Crippen molar-refractivity contribution in [3.05, 3.63) is 52.6 Å². The average Bonchev–Trinajstić information content (AvgIpc) is 3.15. The Hall–Kier alpha value is -2.93. The van der Waals surface area contributed by atoms with E-state index in [9.17, 15) is 24.6 Å². The maximum absolute atomic E-state index is 12.6. The topological polar surface area (TPSA) is 110 Å². The van der Waals surface area contributed by atoms with Gasteiger partial charge >= 0.3 is 11.9 Å². The van der Waals surface area contributed by atoms with Gasteiger partial charge in [-0.1, -0.05) is 24.6 Å². The van der Waals surface area contributed by atoms with Crippen LogP contribution in [0.4, 0.5) is 0 Å². The average molecular weight is 412 g/mol. The number of carbonyl (C=O) groups is 3. The summed E-state index contributed by atoms with van der Waals surface area (Å²) in [5.41, 5.74) is 2.54. The van der Waals surface area contributed by atoms with Crippen LogP contribution in [0.1, 0.15) is 25.8 Å². The first-order valence-electron chi connectivity index (χ1n) is 10.0. The number of carbonyl (C=O) groups excluding carboxylic acids is 3. The molecule has 2 N–H and O–H groups in total. The van der Waals surface area contributed by atoms with Crippen LogP contribution in [0.2, 0.25) is 0 Å². The van der Waals surface area contributed by atoms with E-state index < -0.39 is 35.9 Å². The fourth-order valence-corrected chi connectivity index (χ4v) is 4.91. The molecule has 0 bridgehead atoms. The Balaban J connectivity index is 1.62. The van der Waals surface area contributed by atoms with Gasteiger partial charge in [0, 0.05) is 23.8 Å². The number of fused-ring (bicyclic) bond motifs is 3. The molecule has 3 aliphatic rings. The van der Waals surface area contributed by atoms with Crippen molar-refractivity contribution in [2.75, 3.05) is 6.61 Å². The quantitative estimate of drug-likeness (QED) is 0.727. The Morgan fingerprint density at radius 2 is 1.93 bits per heavy atom. The van der Waals surface area contributed by atoms with Crippen LogP contribution in [-0.2, 0) is 30.3 Å². The zero-order valence-corrected chi connectivity index (χ0v) is 16.8. The lowest BCUT2D eigenvalue weighted by Gasteiger charge is -2.29. The molecule has 2 aliphatic carbocycles. The second kappa shape index (κ2) is 7.72. The van der Waals surface area contributed by atoms with Gasteiger partial charge in [0.05, 0.1) is 18.9 Å². The highest BCUT2D eigenvalue weighted by Crippen LogP contribution is 2.48. The van der Waals surface area contributed by atoms with E-state index in [1.807, 2.05) is 6.92 Å². The first kappa shape index (κ1) is 20.3. The first-order chi connectivity index (χ1) is 14.3. The van der Waals surface area contributed by atoms with Crippen LogP contribution in [0.15, 0.2) is 47.1 Å². The molecule has 0 saturated carbocycles. The third-order valence-corrected chi connectivity index (χ3v) is 6.35. The molecule has 7 heteroatoms. The number of aromatic hydroxyl groups is 1. The maximum Gasteiger partial charge on any atom is 0.310 e. The zero-order valence-electron chi connectivity index (χ0n) is 16.8. The predicted octanol–water partition coefficient (Wildman–Crippen LogP) is 1.86. The van der Waals surface area contributed by atoms with Crippen LogP contribution < -0.4 is 0 Å². The van der Waals surface area contributed by atoms with Gasteiger partial charge in [0.2, 0.25) is 0 Å².